The largest absolute Gasteiger partial charge is 0.480 e. The Bertz CT molecular complexity index is 279. The van der Waals surface area contributed by atoms with E-state index in [1.807, 2.05) is 0 Å². The van der Waals surface area contributed by atoms with E-state index in [9.17, 15) is 4.79 Å². The van der Waals surface area contributed by atoms with E-state index in [-0.39, 0.29) is 12.6 Å². The summed E-state index contributed by atoms with van der Waals surface area (Å²) in [5.74, 6) is -0.730. The SMILES string of the molecule is CN1CCOC(CN(CC(=O)O)C2CCCC2)C1. The van der Waals surface area contributed by atoms with Gasteiger partial charge in [0.2, 0.25) is 0 Å². The predicted molar refractivity (Wildman–Crippen MR) is 68.7 cm³/mol. The molecule has 1 unspecified atom stereocenters. The zero-order valence-electron chi connectivity index (χ0n) is 11.2. The first kappa shape index (κ1) is 13.8. The van der Waals surface area contributed by atoms with Crippen molar-refractivity contribution in [1.29, 1.82) is 0 Å². The maximum atomic E-state index is 11.0. The summed E-state index contributed by atoms with van der Waals surface area (Å²) < 4.78 is 5.74. The van der Waals surface area contributed by atoms with Crippen LogP contribution in [-0.4, -0.2) is 72.9 Å². The molecule has 0 spiro atoms. The van der Waals surface area contributed by atoms with Crippen LogP contribution in [0.2, 0.25) is 0 Å². The van der Waals surface area contributed by atoms with Gasteiger partial charge in [-0.3, -0.25) is 9.69 Å². The van der Waals surface area contributed by atoms with Gasteiger partial charge in [0, 0.05) is 25.7 Å². The van der Waals surface area contributed by atoms with E-state index in [0.717, 1.165) is 39.1 Å². The van der Waals surface area contributed by atoms with Crippen LogP contribution < -0.4 is 0 Å². The Kier molecular flexibility index (Phi) is 4.97. The maximum absolute atomic E-state index is 11.0. The Morgan fingerprint density at radius 2 is 2.17 bits per heavy atom. The Hall–Kier alpha value is -0.650. The van der Waals surface area contributed by atoms with Crippen LogP contribution >= 0.6 is 0 Å². The van der Waals surface area contributed by atoms with E-state index in [4.69, 9.17) is 9.84 Å². The molecule has 18 heavy (non-hydrogen) atoms. The molecular weight excluding hydrogens is 232 g/mol. The second-order valence-corrected chi connectivity index (χ2v) is 5.52. The Balaban J connectivity index is 1.88. The summed E-state index contributed by atoms with van der Waals surface area (Å²) in [4.78, 5) is 15.3. The van der Waals surface area contributed by atoms with E-state index >= 15 is 0 Å². The zero-order chi connectivity index (χ0) is 13.0. The number of rotatable bonds is 5. The highest BCUT2D eigenvalue weighted by Gasteiger charge is 2.28. The summed E-state index contributed by atoms with van der Waals surface area (Å²) >= 11 is 0. The smallest absolute Gasteiger partial charge is 0.317 e. The second kappa shape index (κ2) is 6.50. The molecule has 104 valence electrons. The van der Waals surface area contributed by atoms with Crippen LogP contribution in [0, 0.1) is 0 Å². The molecule has 2 aliphatic rings. The van der Waals surface area contributed by atoms with E-state index in [0.29, 0.717) is 6.04 Å². The predicted octanol–water partition coefficient (Wildman–Crippen LogP) is 0.646. The molecule has 1 aliphatic heterocycles. The van der Waals surface area contributed by atoms with Gasteiger partial charge in [0.1, 0.15) is 0 Å². The van der Waals surface area contributed by atoms with Crippen LogP contribution in [0.15, 0.2) is 0 Å². The molecule has 0 aromatic rings. The number of aliphatic carboxylic acids is 1. The van der Waals surface area contributed by atoms with E-state index < -0.39 is 5.97 Å². The summed E-state index contributed by atoms with van der Waals surface area (Å²) in [6.07, 6.45) is 4.88. The third-order valence-electron chi connectivity index (χ3n) is 3.96. The van der Waals surface area contributed by atoms with Gasteiger partial charge in [-0.2, -0.15) is 0 Å². The van der Waals surface area contributed by atoms with Crippen molar-refractivity contribution in [2.75, 3.05) is 39.8 Å². The molecule has 0 aromatic heterocycles. The van der Waals surface area contributed by atoms with Gasteiger partial charge < -0.3 is 14.7 Å². The molecule has 2 fully saturated rings. The van der Waals surface area contributed by atoms with Gasteiger partial charge >= 0.3 is 5.97 Å². The van der Waals surface area contributed by atoms with Gasteiger partial charge in [-0.25, -0.2) is 0 Å². The number of likely N-dealkylation sites (N-methyl/N-ethyl adjacent to an activating group) is 1. The molecule has 0 bridgehead atoms. The maximum Gasteiger partial charge on any atom is 0.317 e. The molecule has 0 aromatic carbocycles. The number of hydrogen-bond acceptors (Lipinski definition) is 4. The highest BCUT2D eigenvalue weighted by Crippen LogP contribution is 2.24. The number of carboxylic acids is 1. The number of ether oxygens (including phenoxy) is 1. The number of hydrogen-bond donors (Lipinski definition) is 1. The van der Waals surface area contributed by atoms with Crippen LogP contribution in [0.25, 0.3) is 0 Å². The standard InChI is InChI=1S/C13H24N2O3/c1-14-6-7-18-12(8-14)9-15(10-13(16)17)11-4-2-3-5-11/h11-12H,2-10H2,1H3,(H,16,17). The van der Waals surface area contributed by atoms with Crippen molar-refractivity contribution >= 4 is 5.97 Å². The van der Waals surface area contributed by atoms with E-state index in [1.165, 1.54) is 12.8 Å². The molecule has 0 amide bonds. The lowest BCUT2D eigenvalue weighted by molar-refractivity contribution is -0.139. The van der Waals surface area contributed by atoms with Gasteiger partial charge in [0.05, 0.1) is 19.3 Å². The first-order valence-electron chi connectivity index (χ1n) is 6.91. The van der Waals surface area contributed by atoms with Crippen molar-refractivity contribution in [2.45, 2.75) is 37.8 Å². The summed E-state index contributed by atoms with van der Waals surface area (Å²) in [6, 6.07) is 0.442. The highest BCUT2D eigenvalue weighted by molar-refractivity contribution is 5.69. The molecule has 1 aliphatic carbocycles. The summed E-state index contributed by atoms with van der Waals surface area (Å²) in [5, 5.41) is 9.03. The Labute approximate surface area is 109 Å². The molecule has 1 atom stereocenters. The average molecular weight is 256 g/mol. The molecule has 0 radical (unpaired) electrons. The fraction of sp³-hybridized carbons (Fsp3) is 0.923. The molecule has 5 heteroatoms. The number of nitrogens with zero attached hydrogens (tertiary/aromatic N) is 2. The fourth-order valence-corrected chi connectivity index (χ4v) is 3.02. The number of carbonyl (C=O) groups is 1. The molecule has 1 saturated heterocycles. The van der Waals surface area contributed by atoms with Gasteiger partial charge in [0.15, 0.2) is 0 Å². The third kappa shape index (κ3) is 3.93. The minimum atomic E-state index is -0.730. The zero-order valence-corrected chi connectivity index (χ0v) is 11.2. The lowest BCUT2D eigenvalue weighted by atomic mass is 10.1. The molecule has 2 rings (SSSR count). The van der Waals surface area contributed by atoms with Crippen molar-refractivity contribution in [3.63, 3.8) is 0 Å². The van der Waals surface area contributed by atoms with E-state index in [1.54, 1.807) is 0 Å². The van der Waals surface area contributed by atoms with Gasteiger partial charge in [-0.15, -0.1) is 0 Å². The Morgan fingerprint density at radius 3 is 2.78 bits per heavy atom. The lowest BCUT2D eigenvalue weighted by Gasteiger charge is -2.35. The van der Waals surface area contributed by atoms with Crippen LogP contribution in [0.4, 0.5) is 0 Å². The van der Waals surface area contributed by atoms with Gasteiger partial charge in [0.25, 0.3) is 0 Å². The summed E-state index contributed by atoms with van der Waals surface area (Å²) in [5.41, 5.74) is 0. The molecule has 5 nitrogen and oxygen atoms in total. The minimum Gasteiger partial charge on any atom is -0.480 e. The van der Waals surface area contributed by atoms with Crippen LogP contribution in [0.3, 0.4) is 0 Å². The Morgan fingerprint density at radius 1 is 1.44 bits per heavy atom. The second-order valence-electron chi connectivity index (χ2n) is 5.52. The molecule has 1 N–H and O–H groups in total. The van der Waals surface area contributed by atoms with Crippen molar-refractivity contribution in [2.24, 2.45) is 0 Å². The van der Waals surface area contributed by atoms with Crippen molar-refractivity contribution in [3.05, 3.63) is 0 Å². The minimum absolute atomic E-state index is 0.147. The first-order valence-corrected chi connectivity index (χ1v) is 6.91. The topological polar surface area (TPSA) is 53.0 Å². The molecule has 1 saturated carbocycles. The summed E-state index contributed by atoms with van der Waals surface area (Å²) in [6.45, 7) is 3.53. The number of carboxylic acid groups (broad SMARTS) is 1. The quantitative estimate of drug-likeness (QED) is 0.782. The van der Waals surface area contributed by atoms with Gasteiger partial charge in [-0.05, 0) is 19.9 Å². The lowest BCUT2D eigenvalue weighted by Crippen LogP contribution is -2.49. The van der Waals surface area contributed by atoms with Crippen LogP contribution in [0.5, 0.6) is 0 Å². The summed E-state index contributed by atoms with van der Waals surface area (Å²) in [7, 11) is 2.09. The average Bonchev–Trinajstić information content (AvgIpc) is 2.80. The van der Waals surface area contributed by atoms with Crippen molar-refractivity contribution < 1.29 is 14.6 Å². The van der Waals surface area contributed by atoms with Crippen molar-refractivity contribution in [3.8, 4) is 0 Å². The molecular formula is C13H24N2O3. The number of morpholine rings is 1. The van der Waals surface area contributed by atoms with Gasteiger partial charge in [-0.1, -0.05) is 12.8 Å². The highest BCUT2D eigenvalue weighted by atomic mass is 16.5. The fourth-order valence-electron chi connectivity index (χ4n) is 3.02. The normalized spacial score (nSPS) is 26.9. The van der Waals surface area contributed by atoms with Crippen molar-refractivity contribution in [1.82, 2.24) is 9.80 Å². The monoisotopic (exact) mass is 256 g/mol. The van der Waals surface area contributed by atoms with E-state index in [2.05, 4.69) is 16.8 Å². The van der Waals surface area contributed by atoms with Crippen LogP contribution in [-0.2, 0) is 9.53 Å². The molecule has 1 heterocycles. The first-order chi connectivity index (χ1) is 8.65. The van der Waals surface area contributed by atoms with Crippen LogP contribution in [0.1, 0.15) is 25.7 Å². The third-order valence-corrected chi connectivity index (χ3v) is 3.96.